The molecule has 2 heterocycles. The Bertz CT molecular complexity index is 1220. The molecule has 0 amide bonds. The number of nitrogens with zero attached hydrogens (tertiary/aromatic N) is 2. The molecule has 174 valence electrons. The topological polar surface area (TPSA) is 84.1 Å². The third-order valence-corrected chi connectivity index (χ3v) is 7.33. The van der Waals surface area contributed by atoms with E-state index in [1.165, 1.54) is 11.8 Å². The molecule has 3 N–H and O–H groups in total. The van der Waals surface area contributed by atoms with Crippen molar-refractivity contribution in [2.75, 3.05) is 18.0 Å². The maximum atomic E-state index is 15.2. The Labute approximate surface area is 179 Å². The number of alkyl halides is 4. The molecule has 2 aliphatic carbocycles. The standard InChI is InChI=1S/C21H23F5N4O2/c1-9-15-12(18(31)28-19(32)30(15)21(25,26)11-2-3-11)6-14(22)16(9)29-7-10-4-5-20(23,24)17(27)13(10)8-29/h6,10-11,13,17H,2-5,7-8,27H2,1H3,(H,28,31,32). The molecule has 2 aromatic rings. The maximum absolute atomic E-state index is 15.2. The third kappa shape index (κ3) is 3.00. The van der Waals surface area contributed by atoms with E-state index in [9.17, 15) is 18.4 Å². The first-order valence-corrected chi connectivity index (χ1v) is 10.7. The number of H-pyrrole nitrogens is 1. The summed E-state index contributed by atoms with van der Waals surface area (Å²) in [5.41, 5.74) is 3.18. The molecule has 1 aliphatic heterocycles. The highest BCUT2D eigenvalue weighted by atomic mass is 19.3. The lowest BCUT2D eigenvalue weighted by Gasteiger charge is -2.36. The van der Waals surface area contributed by atoms with Crippen LogP contribution in [0.25, 0.3) is 10.9 Å². The molecule has 3 unspecified atom stereocenters. The summed E-state index contributed by atoms with van der Waals surface area (Å²) in [7, 11) is 0. The quantitative estimate of drug-likeness (QED) is 0.693. The Balaban J connectivity index is 1.67. The molecule has 3 fully saturated rings. The van der Waals surface area contributed by atoms with Crippen LogP contribution in [0.2, 0.25) is 0 Å². The zero-order valence-corrected chi connectivity index (χ0v) is 17.3. The second-order valence-electron chi connectivity index (χ2n) is 9.34. The molecule has 1 aromatic heterocycles. The summed E-state index contributed by atoms with van der Waals surface area (Å²) in [5, 5.41) is -0.358. The Hall–Kier alpha value is -2.43. The van der Waals surface area contributed by atoms with E-state index in [4.69, 9.17) is 5.73 Å². The summed E-state index contributed by atoms with van der Waals surface area (Å²) in [6, 6.07) is -4.09. The van der Waals surface area contributed by atoms with Crippen molar-refractivity contribution in [2.24, 2.45) is 23.5 Å². The first kappa shape index (κ1) is 21.4. The zero-order chi connectivity index (χ0) is 23.2. The van der Waals surface area contributed by atoms with E-state index in [2.05, 4.69) is 0 Å². The van der Waals surface area contributed by atoms with Crippen LogP contribution in [-0.2, 0) is 6.05 Å². The minimum Gasteiger partial charge on any atom is -0.368 e. The Kier molecular flexibility index (Phi) is 4.54. The van der Waals surface area contributed by atoms with Crippen LogP contribution in [0.1, 0.15) is 31.2 Å². The highest BCUT2D eigenvalue weighted by Crippen LogP contribution is 2.48. The van der Waals surface area contributed by atoms with Gasteiger partial charge in [-0.2, -0.15) is 8.78 Å². The number of aryl methyl sites for hydroxylation is 1. The predicted octanol–water partition coefficient (Wildman–Crippen LogP) is 2.91. The van der Waals surface area contributed by atoms with Crippen LogP contribution >= 0.6 is 0 Å². The van der Waals surface area contributed by atoms with Gasteiger partial charge in [0.05, 0.1) is 22.6 Å². The average Bonchev–Trinajstić information content (AvgIpc) is 3.47. The molecule has 0 radical (unpaired) electrons. The lowest BCUT2D eigenvalue weighted by molar-refractivity contribution is -0.103. The van der Waals surface area contributed by atoms with Gasteiger partial charge in [0.2, 0.25) is 0 Å². The lowest BCUT2D eigenvalue weighted by Crippen LogP contribution is -2.52. The second kappa shape index (κ2) is 6.79. The van der Waals surface area contributed by atoms with Gasteiger partial charge in [0, 0.05) is 36.9 Å². The smallest absolute Gasteiger partial charge is 0.336 e. The van der Waals surface area contributed by atoms with Gasteiger partial charge < -0.3 is 10.6 Å². The number of nitrogens with two attached hydrogens (primary N) is 1. The molecule has 0 spiro atoms. The molecule has 1 saturated heterocycles. The SMILES string of the molecule is Cc1c(N2CC3CCC(F)(F)C(N)C3C2)c(F)cc2c(=O)[nH]c(=O)n(C(F)(F)C3CC3)c12. The normalized spacial score (nSPS) is 27.7. The molecular formula is C21H23F5N4O2. The van der Waals surface area contributed by atoms with Crippen LogP contribution in [0.5, 0.6) is 0 Å². The van der Waals surface area contributed by atoms with E-state index in [1.54, 1.807) is 0 Å². The first-order valence-electron chi connectivity index (χ1n) is 10.7. The molecule has 5 rings (SSSR count). The van der Waals surface area contributed by atoms with Gasteiger partial charge in [-0.3, -0.25) is 9.78 Å². The number of hydrogen-bond donors (Lipinski definition) is 2. The van der Waals surface area contributed by atoms with Crippen LogP contribution in [0.15, 0.2) is 15.7 Å². The van der Waals surface area contributed by atoms with E-state index in [0.717, 1.165) is 6.07 Å². The van der Waals surface area contributed by atoms with Crippen LogP contribution < -0.4 is 21.9 Å². The van der Waals surface area contributed by atoms with Gasteiger partial charge in [0.1, 0.15) is 5.82 Å². The predicted molar refractivity (Wildman–Crippen MR) is 108 cm³/mol. The van der Waals surface area contributed by atoms with Crippen molar-refractivity contribution < 1.29 is 22.0 Å². The molecule has 32 heavy (non-hydrogen) atoms. The number of halogens is 5. The number of nitrogens with one attached hydrogen (secondary N) is 1. The number of fused-ring (bicyclic) bond motifs is 2. The second-order valence-corrected chi connectivity index (χ2v) is 9.34. The molecule has 1 aromatic carbocycles. The third-order valence-electron chi connectivity index (χ3n) is 7.33. The summed E-state index contributed by atoms with van der Waals surface area (Å²) in [5.74, 6) is -5.67. The fourth-order valence-electron chi connectivity index (χ4n) is 5.47. The van der Waals surface area contributed by atoms with E-state index >= 15 is 13.2 Å². The van der Waals surface area contributed by atoms with Crippen molar-refractivity contribution >= 4 is 16.6 Å². The molecule has 11 heteroatoms. The van der Waals surface area contributed by atoms with E-state index in [1.807, 2.05) is 4.98 Å². The Morgan fingerprint density at radius 2 is 1.88 bits per heavy atom. The van der Waals surface area contributed by atoms with Crippen molar-refractivity contribution in [1.29, 1.82) is 0 Å². The monoisotopic (exact) mass is 458 g/mol. The molecule has 2 saturated carbocycles. The fraction of sp³-hybridized carbons (Fsp3) is 0.619. The molecule has 3 aliphatic rings. The first-order chi connectivity index (χ1) is 14.9. The lowest BCUT2D eigenvalue weighted by atomic mass is 9.76. The number of benzene rings is 1. The molecule has 6 nitrogen and oxygen atoms in total. The van der Waals surface area contributed by atoms with Crippen molar-refractivity contribution in [1.82, 2.24) is 9.55 Å². The highest BCUT2D eigenvalue weighted by Gasteiger charge is 2.53. The molecular weight excluding hydrogens is 435 g/mol. The molecule has 0 bridgehead atoms. The van der Waals surface area contributed by atoms with Crippen molar-refractivity contribution in [3.05, 3.63) is 38.3 Å². The molecule has 3 atom stereocenters. The van der Waals surface area contributed by atoms with Gasteiger partial charge in [-0.25, -0.2) is 22.5 Å². The minimum atomic E-state index is -3.55. The number of aromatic amines is 1. The van der Waals surface area contributed by atoms with Crippen molar-refractivity contribution in [3.63, 3.8) is 0 Å². The number of rotatable bonds is 3. The van der Waals surface area contributed by atoms with Gasteiger partial charge in [-0.05, 0) is 38.2 Å². The fourth-order valence-corrected chi connectivity index (χ4v) is 5.47. The highest BCUT2D eigenvalue weighted by molar-refractivity contribution is 5.87. The van der Waals surface area contributed by atoms with Gasteiger partial charge >= 0.3 is 11.7 Å². The Morgan fingerprint density at radius 3 is 2.53 bits per heavy atom. The summed E-state index contributed by atoms with van der Waals surface area (Å²) in [6.45, 7) is 1.65. The van der Waals surface area contributed by atoms with Gasteiger partial charge in [0.15, 0.2) is 0 Å². The van der Waals surface area contributed by atoms with E-state index in [-0.39, 0.29) is 71.4 Å². The maximum Gasteiger partial charge on any atom is 0.336 e. The van der Waals surface area contributed by atoms with Crippen LogP contribution in [-0.4, -0.2) is 34.6 Å². The minimum absolute atomic E-state index is 0.00232. The van der Waals surface area contributed by atoms with Crippen LogP contribution in [0, 0.1) is 30.5 Å². The number of anilines is 1. The van der Waals surface area contributed by atoms with Gasteiger partial charge in [-0.1, -0.05) is 0 Å². The zero-order valence-electron chi connectivity index (χ0n) is 17.3. The van der Waals surface area contributed by atoms with Gasteiger partial charge in [0.25, 0.3) is 11.5 Å². The number of hydrogen-bond acceptors (Lipinski definition) is 4. The largest absolute Gasteiger partial charge is 0.368 e. The summed E-state index contributed by atoms with van der Waals surface area (Å²) >= 11 is 0. The van der Waals surface area contributed by atoms with E-state index < -0.39 is 46.9 Å². The average molecular weight is 458 g/mol. The number of aromatic nitrogens is 2. The summed E-state index contributed by atoms with van der Waals surface area (Å²) < 4.78 is 73.8. The van der Waals surface area contributed by atoms with Crippen LogP contribution in [0.3, 0.4) is 0 Å². The van der Waals surface area contributed by atoms with Crippen molar-refractivity contribution in [3.8, 4) is 0 Å². The Morgan fingerprint density at radius 1 is 1.19 bits per heavy atom. The summed E-state index contributed by atoms with van der Waals surface area (Å²) in [6.07, 6.45) is 0.328. The van der Waals surface area contributed by atoms with Crippen LogP contribution in [0.4, 0.5) is 27.6 Å². The van der Waals surface area contributed by atoms with Crippen molar-refractivity contribution in [2.45, 2.75) is 50.6 Å². The van der Waals surface area contributed by atoms with E-state index in [0.29, 0.717) is 0 Å². The van der Waals surface area contributed by atoms with Gasteiger partial charge in [-0.15, -0.1) is 0 Å². The summed E-state index contributed by atoms with van der Waals surface area (Å²) in [4.78, 5) is 28.2.